The highest BCUT2D eigenvalue weighted by molar-refractivity contribution is 6.32. The summed E-state index contributed by atoms with van der Waals surface area (Å²) in [6.07, 6.45) is 0. The lowest BCUT2D eigenvalue weighted by Gasteiger charge is -2.19. The van der Waals surface area contributed by atoms with Crippen molar-refractivity contribution in [3.8, 4) is 0 Å². The number of nitro groups is 1. The molecule has 0 heterocycles. The first-order valence-corrected chi connectivity index (χ1v) is 6.05. The Balaban J connectivity index is 2.88. The maximum atomic E-state index is 12.1. The van der Waals surface area contributed by atoms with Crippen LogP contribution in [0.4, 0.5) is 5.69 Å². The molecular weight excluding hydrogens is 270 g/mol. The first kappa shape index (κ1) is 15.4. The number of carbonyl (C=O) groups excluding carboxylic acids is 1. The minimum atomic E-state index is -0.598. The van der Waals surface area contributed by atoms with E-state index in [9.17, 15) is 14.9 Å². The molecule has 0 bridgehead atoms. The van der Waals surface area contributed by atoms with Crippen LogP contribution in [0.1, 0.15) is 10.4 Å². The van der Waals surface area contributed by atoms with Crippen molar-refractivity contribution >= 4 is 23.2 Å². The molecule has 0 atom stereocenters. The van der Waals surface area contributed by atoms with Crippen LogP contribution in [0.3, 0.4) is 0 Å². The molecule has 0 saturated carbocycles. The molecule has 0 N–H and O–H groups in total. The van der Waals surface area contributed by atoms with E-state index in [-0.39, 0.29) is 22.2 Å². The fraction of sp³-hybridized carbons (Fsp3) is 0.417. The summed E-state index contributed by atoms with van der Waals surface area (Å²) in [7, 11) is 5.48. The van der Waals surface area contributed by atoms with Crippen LogP contribution in [0.15, 0.2) is 18.2 Å². The number of hydrogen-bond donors (Lipinski definition) is 0. The van der Waals surface area contributed by atoms with E-state index in [0.29, 0.717) is 6.54 Å². The van der Waals surface area contributed by atoms with Gasteiger partial charge in [0, 0.05) is 31.8 Å². The van der Waals surface area contributed by atoms with Gasteiger partial charge in [-0.3, -0.25) is 14.9 Å². The summed E-state index contributed by atoms with van der Waals surface area (Å²) < 4.78 is 0. The van der Waals surface area contributed by atoms with Crippen molar-refractivity contribution in [3.05, 3.63) is 38.9 Å². The molecule has 7 heteroatoms. The standard InChI is InChI=1S/C12H16ClN3O3/c1-14(2)6-7-15(3)12(17)9-4-5-10(13)11(8-9)16(18)19/h4-5,8H,6-7H2,1-3H3. The molecule has 0 aromatic heterocycles. The van der Waals surface area contributed by atoms with Gasteiger partial charge >= 0.3 is 0 Å². The zero-order valence-corrected chi connectivity index (χ0v) is 11.8. The summed E-state index contributed by atoms with van der Waals surface area (Å²) in [5.74, 6) is -0.262. The quantitative estimate of drug-likeness (QED) is 0.612. The smallest absolute Gasteiger partial charge is 0.288 e. The van der Waals surface area contributed by atoms with Crippen molar-refractivity contribution in [1.29, 1.82) is 0 Å². The van der Waals surface area contributed by atoms with Gasteiger partial charge in [0.2, 0.25) is 0 Å². The number of carbonyl (C=O) groups is 1. The van der Waals surface area contributed by atoms with Crippen LogP contribution in [0, 0.1) is 10.1 Å². The number of amides is 1. The topological polar surface area (TPSA) is 66.7 Å². The number of nitro benzene ring substituents is 1. The first-order valence-electron chi connectivity index (χ1n) is 5.67. The molecule has 1 aromatic rings. The third-order valence-electron chi connectivity index (χ3n) is 2.62. The van der Waals surface area contributed by atoms with Gasteiger partial charge in [0.25, 0.3) is 11.6 Å². The predicted molar refractivity (Wildman–Crippen MR) is 73.6 cm³/mol. The van der Waals surface area contributed by atoms with E-state index in [4.69, 9.17) is 11.6 Å². The highest BCUT2D eigenvalue weighted by Crippen LogP contribution is 2.25. The lowest BCUT2D eigenvalue weighted by Crippen LogP contribution is -2.33. The van der Waals surface area contributed by atoms with Gasteiger partial charge in [-0.2, -0.15) is 0 Å². The summed E-state index contributed by atoms with van der Waals surface area (Å²) in [4.78, 5) is 25.7. The summed E-state index contributed by atoms with van der Waals surface area (Å²) in [5, 5.41) is 10.8. The number of nitrogens with zero attached hydrogens (tertiary/aromatic N) is 3. The number of halogens is 1. The summed E-state index contributed by atoms with van der Waals surface area (Å²) in [5.41, 5.74) is 0.00545. The van der Waals surface area contributed by atoms with Gasteiger partial charge in [0.05, 0.1) is 4.92 Å². The summed E-state index contributed by atoms with van der Waals surface area (Å²) in [6.45, 7) is 1.26. The van der Waals surface area contributed by atoms with Gasteiger partial charge in [-0.1, -0.05) is 11.6 Å². The molecule has 0 unspecified atom stereocenters. The lowest BCUT2D eigenvalue weighted by molar-refractivity contribution is -0.384. The molecule has 0 aliphatic heterocycles. The first-order chi connectivity index (χ1) is 8.82. The Bertz CT molecular complexity index is 491. The Morgan fingerprint density at radius 1 is 1.32 bits per heavy atom. The van der Waals surface area contributed by atoms with E-state index in [1.807, 2.05) is 19.0 Å². The van der Waals surface area contributed by atoms with Crippen molar-refractivity contribution in [2.24, 2.45) is 0 Å². The van der Waals surface area contributed by atoms with Crippen LogP contribution in [0.25, 0.3) is 0 Å². The molecule has 0 aliphatic rings. The van der Waals surface area contributed by atoms with Crippen LogP contribution >= 0.6 is 11.6 Å². The SMILES string of the molecule is CN(C)CCN(C)C(=O)c1ccc(Cl)c([N+](=O)[O-])c1. The summed E-state index contributed by atoms with van der Waals surface area (Å²) >= 11 is 5.70. The predicted octanol–water partition coefficient (Wildman–Crippen LogP) is 1.88. The third kappa shape index (κ3) is 4.18. The maximum Gasteiger partial charge on any atom is 0.288 e. The van der Waals surface area contributed by atoms with Crippen LogP contribution in [0.2, 0.25) is 5.02 Å². The van der Waals surface area contributed by atoms with Crippen molar-refractivity contribution in [2.45, 2.75) is 0 Å². The minimum Gasteiger partial charge on any atom is -0.340 e. The number of likely N-dealkylation sites (N-methyl/N-ethyl adjacent to an activating group) is 2. The summed E-state index contributed by atoms with van der Waals surface area (Å²) in [6, 6.07) is 4.06. The second kappa shape index (κ2) is 6.49. The number of hydrogen-bond acceptors (Lipinski definition) is 4. The number of rotatable bonds is 5. The molecule has 104 valence electrons. The van der Waals surface area contributed by atoms with Crippen LogP contribution in [-0.4, -0.2) is 54.9 Å². The fourth-order valence-corrected chi connectivity index (χ4v) is 1.64. The van der Waals surface area contributed by atoms with E-state index in [1.165, 1.54) is 23.1 Å². The average Bonchev–Trinajstić information content (AvgIpc) is 2.35. The van der Waals surface area contributed by atoms with E-state index >= 15 is 0 Å². The molecule has 0 radical (unpaired) electrons. The normalized spacial score (nSPS) is 10.6. The molecule has 1 rings (SSSR count). The highest BCUT2D eigenvalue weighted by Gasteiger charge is 2.18. The third-order valence-corrected chi connectivity index (χ3v) is 2.94. The van der Waals surface area contributed by atoms with Gasteiger partial charge in [-0.05, 0) is 26.2 Å². The fourth-order valence-electron chi connectivity index (χ4n) is 1.46. The highest BCUT2D eigenvalue weighted by atomic mass is 35.5. The van der Waals surface area contributed by atoms with Crippen LogP contribution in [-0.2, 0) is 0 Å². The van der Waals surface area contributed by atoms with E-state index in [0.717, 1.165) is 6.54 Å². The average molecular weight is 286 g/mol. The van der Waals surface area contributed by atoms with Crippen LogP contribution < -0.4 is 0 Å². The van der Waals surface area contributed by atoms with Crippen molar-refractivity contribution in [1.82, 2.24) is 9.80 Å². The Hall–Kier alpha value is -1.66. The Morgan fingerprint density at radius 3 is 2.47 bits per heavy atom. The zero-order valence-electron chi connectivity index (χ0n) is 11.1. The van der Waals surface area contributed by atoms with Gasteiger partial charge in [0.15, 0.2) is 0 Å². The molecule has 19 heavy (non-hydrogen) atoms. The lowest BCUT2D eigenvalue weighted by atomic mass is 10.2. The van der Waals surface area contributed by atoms with E-state index in [1.54, 1.807) is 7.05 Å². The van der Waals surface area contributed by atoms with Gasteiger partial charge < -0.3 is 9.80 Å². The van der Waals surface area contributed by atoms with E-state index < -0.39 is 4.92 Å². The Labute approximate surface area is 116 Å². The van der Waals surface area contributed by atoms with Gasteiger partial charge in [0.1, 0.15) is 5.02 Å². The maximum absolute atomic E-state index is 12.1. The monoisotopic (exact) mass is 285 g/mol. The molecular formula is C12H16ClN3O3. The Morgan fingerprint density at radius 2 is 1.95 bits per heavy atom. The Kier molecular flexibility index (Phi) is 5.26. The number of benzene rings is 1. The molecule has 0 aliphatic carbocycles. The second-order valence-corrected chi connectivity index (χ2v) is 4.86. The molecule has 6 nitrogen and oxygen atoms in total. The largest absolute Gasteiger partial charge is 0.340 e. The molecule has 0 fully saturated rings. The second-order valence-electron chi connectivity index (χ2n) is 4.45. The van der Waals surface area contributed by atoms with Crippen molar-refractivity contribution < 1.29 is 9.72 Å². The van der Waals surface area contributed by atoms with Crippen molar-refractivity contribution in [2.75, 3.05) is 34.2 Å². The van der Waals surface area contributed by atoms with Gasteiger partial charge in [-0.15, -0.1) is 0 Å². The zero-order chi connectivity index (χ0) is 14.6. The van der Waals surface area contributed by atoms with Crippen LogP contribution in [0.5, 0.6) is 0 Å². The molecule has 0 spiro atoms. The minimum absolute atomic E-state index is 0.0255. The molecule has 1 aromatic carbocycles. The molecule has 0 saturated heterocycles. The van der Waals surface area contributed by atoms with Crippen molar-refractivity contribution in [3.63, 3.8) is 0 Å². The molecule has 1 amide bonds. The van der Waals surface area contributed by atoms with E-state index in [2.05, 4.69) is 0 Å². The van der Waals surface area contributed by atoms with Gasteiger partial charge in [-0.25, -0.2) is 0 Å².